The second-order valence-electron chi connectivity index (χ2n) is 7.81. The Hall–Kier alpha value is -2.40. The number of likely N-dealkylation sites (tertiary alicyclic amines) is 1. The first kappa shape index (κ1) is 18.9. The van der Waals surface area contributed by atoms with Gasteiger partial charge in [0.2, 0.25) is 5.91 Å². The fraction of sp³-hybridized carbons (Fsp3) is 0.478. The minimum absolute atomic E-state index is 0.135. The summed E-state index contributed by atoms with van der Waals surface area (Å²) in [7, 11) is 0. The second kappa shape index (κ2) is 8.31. The van der Waals surface area contributed by atoms with Crippen molar-refractivity contribution < 1.29 is 14.3 Å². The van der Waals surface area contributed by atoms with Gasteiger partial charge in [-0.3, -0.25) is 9.78 Å². The summed E-state index contributed by atoms with van der Waals surface area (Å²) >= 11 is 0. The number of carbonyl (C=O) groups is 1. The van der Waals surface area contributed by atoms with Gasteiger partial charge in [-0.05, 0) is 37.5 Å². The van der Waals surface area contributed by atoms with E-state index in [4.69, 9.17) is 9.47 Å². The summed E-state index contributed by atoms with van der Waals surface area (Å²) in [5.74, 6) is 1.05. The number of amides is 1. The summed E-state index contributed by atoms with van der Waals surface area (Å²) in [6.07, 6.45) is 5.11. The Morgan fingerprint density at radius 1 is 1.11 bits per heavy atom. The van der Waals surface area contributed by atoms with Gasteiger partial charge in [0.1, 0.15) is 11.9 Å². The molecule has 5 nitrogen and oxygen atoms in total. The number of carbonyl (C=O) groups excluding carboxylic acids is 1. The molecular weight excluding hydrogens is 352 g/mol. The van der Waals surface area contributed by atoms with Gasteiger partial charge in [-0.1, -0.05) is 30.3 Å². The molecule has 1 amide bonds. The molecule has 0 aliphatic carbocycles. The SMILES string of the molecule is Cc1ccc(OC2CCN(C(=O)C3(c4ccccc4)CCOCC3)CC2)cn1. The number of piperidine rings is 1. The van der Waals surface area contributed by atoms with Gasteiger partial charge >= 0.3 is 0 Å². The summed E-state index contributed by atoms with van der Waals surface area (Å²) < 4.78 is 11.7. The third-order valence-corrected chi connectivity index (χ3v) is 6.00. The molecule has 0 saturated carbocycles. The highest BCUT2D eigenvalue weighted by atomic mass is 16.5. The molecule has 5 heteroatoms. The lowest BCUT2D eigenvalue weighted by molar-refractivity contribution is -0.143. The normalized spacial score (nSPS) is 20.0. The molecule has 0 atom stereocenters. The van der Waals surface area contributed by atoms with E-state index in [9.17, 15) is 4.79 Å². The van der Waals surface area contributed by atoms with Crippen molar-refractivity contribution in [1.82, 2.24) is 9.88 Å². The zero-order valence-electron chi connectivity index (χ0n) is 16.5. The first-order valence-electron chi connectivity index (χ1n) is 10.2. The van der Waals surface area contributed by atoms with Gasteiger partial charge in [0.15, 0.2) is 0 Å². The van der Waals surface area contributed by atoms with Crippen molar-refractivity contribution in [2.75, 3.05) is 26.3 Å². The number of hydrogen-bond donors (Lipinski definition) is 0. The maximum atomic E-state index is 13.6. The minimum Gasteiger partial charge on any atom is -0.489 e. The lowest BCUT2D eigenvalue weighted by Gasteiger charge is -2.42. The van der Waals surface area contributed by atoms with Crippen LogP contribution in [0.2, 0.25) is 0 Å². The summed E-state index contributed by atoms with van der Waals surface area (Å²) in [5.41, 5.74) is 1.65. The second-order valence-corrected chi connectivity index (χ2v) is 7.81. The number of benzene rings is 1. The fourth-order valence-corrected chi connectivity index (χ4v) is 4.30. The van der Waals surface area contributed by atoms with Crippen LogP contribution in [0.25, 0.3) is 0 Å². The van der Waals surface area contributed by atoms with E-state index in [-0.39, 0.29) is 12.0 Å². The zero-order chi connectivity index (χ0) is 19.4. The molecule has 2 saturated heterocycles. The van der Waals surface area contributed by atoms with Crippen molar-refractivity contribution in [2.24, 2.45) is 0 Å². The van der Waals surface area contributed by atoms with Gasteiger partial charge in [-0.15, -0.1) is 0 Å². The molecule has 2 aliphatic rings. The highest BCUT2D eigenvalue weighted by Gasteiger charge is 2.44. The highest BCUT2D eigenvalue weighted by Crippen LogP contribution is 2.37. The van der Waals surface area contributed by atoms with Gasteiger partial charge in [0, 0.05) is 44.8 Å². The Labute approximate surface area is 166 Å². The standard InChI is InChI=1S/C23H28N2O3/c1-18-7-8-21(17-24-18)28-20-9-13-25(14-10-20)22(26)23(11-15-27-16-12-23)19-5-3-2-4-6-19/h2-8,17,20H,9-16H2,1H3. The molecule has 2 aliphatic heterocycles. The molecule has 0 unspecified atom stereocenters. The lowest BCUT2D eigenvalue weighted by Crippen LogP contribution is -2.53. The molecule has 2 fully saturated rings. The Kier molecular flexibility index (Phi) is 5.62. The molecule has 2 aromatic rings. The fourth-order valence-electron chi connectivity index (χ4n) is 4.30. The number of ether oxygens (including phenoxy) is 2. The van der Waals surface area contributed by atoms with E-state index in [0.717, 1.165) is 55.8 Å². The first-order chi connectivity index (χ1) is 13.7. The topological polar surface area (TPSA) is 51.7 Å². The summed E-state index contributed by atoms with van der Waals surface area (Å²) in [5, 5.41) is 0. The van der Waals surface area contributed by atoms with Crippen molar-refractivity contribution in [1.29, 1.82) is 0 Å². The van der Waals surface area contributed by atoms with E-state index in [2.05, 4.69) is 17.1 Å². The molecule has 1 aromatic carbocycles. The zero-order valence-corrected chi connectivity index (χ0v) is 16.5. The molecule has 28 heavy (non-hydrogen) atoms. The van der Waals surface area contributed by atoms with E-state index in [1.54, 1.807) is 6.20 Å². The summed E-state index contributed by atoms with van der Waals surface area (Å²) in [4.78, 5) is 19.9. The van der Waals surface area contributed by atoms with Crippen molar-refractivity contribution in [3.8, 4) is 5.75 Å². The van der Waals surface area contributed by atoms with Gasteiger partial charge in [-0.2, -0.15) is 0 Å². The van der Waals surface area contributed by atoms with Gasteiger partial charge in [-0.25, -0.2) is 0 Å². The Balaban J connectivity index is 1.42. The third kappa shape index (κ3) is 3.90. The smallest absolute Gasteiger partial charge is 0.233 e. The van der Waals surface area contributed by atoms with Crippen LogP contribution in [0.5, 0.6) is 5.75 Å². The van der Waals surface area contributed by atoms with Crippen molar-refractivity contribution >= 4 is 5.91 Å². The number of aromatic nitrogens is 1. The van der Waals surface area contributed by atoms with E-state index in [0.29, 0.717) is 13.2 Å². The van der Waals surface area contributed by atoms with E-state index >= 15 is 0 Å². The molecule has 4 rings (SSSR count). The van der Waals surface area contributed by atoms with Crippen LogP contribution in [-0.4, -0.2) is 48.2 Å². The first-order valence-corrected chi connectivity index (χ1v) is 10.2. The average molecular weight is 380 g/mol. The highest BCUT2D eigenvalue weighted by molar-refractivity contribution is 5.88. The van der Waals surface area contributed by atoms with Crippen molar-refractivity contribution in [2.45, 2.75) is 44.1 Å². The predicted molar refractivity (Wildman–Crippen MR) is 107 cm³/mol. The van der Waals surface area contributed by atoms with Crippen LogP contribution < -0.4 is 4.74 Å². The number of hydrogen-bond acceptors (Lipinski definition) is 4. The monoisotopic (exact) mass is 380 g/mol. The van der Waals surface area contributed by atoms with Crippen LogP contribution in [-0.2, 0) is 14.9 Å². The van der Waals surface area contributed by atoms with Crippen LogP contribution in [0.15, 0.2) is 48.7 Å². The maximum Gasteiger partial charge on any atom is 0.233 e. The number of pyridine rings is 1. The molecule has 0 N–H and O–H groups in total. The van der Waals surface area contributed by atoms with E-state index in [1.165, 1.54) is 0 Å². The quantitative estimate of drug-likeness (QED) is 0.815. The molecule has 148 valence electrons. The molecule has 1 aromatic heterocycles. The average Bonchev–Trinajstić information content (AvgIpc) is 2.76. The largest absolute Gasteiger partial charge is 0.489 e. The number of aryl methyl sites for hydroxylation is 1. The maximum absolute atomic E-state index is 13.6. The lowest BCUT2D eigenvalue weighted by atomic mass is 9.72. The summed E-state index contributed by atoms with van der Waals surface area (Å²) in [6.45, 7) is 4.71. The van der Waals surface area contributed by atoms with E-state index in [1.807, 2.05) is 42.2 Å². The number of nitrogens with zero attached hydrogens (tertiary/aromatic N) is 2. The molecule has 0 bridgehead atoms. The molecular formula is C23H28N2O3. The van der Waals surface area contributed by atoms with Gasteiger partial charge in [0.25, 0.3) is 0 Å². The predicted octanol–water partition coefficient (Wildman–Crippen LogP) is 3.51. The molecule has 0 spiro atoms. The van der Waals surface area contributed by atoms with Crippen molar-refractivity contribution in [3.63, 3.8) is 0 Å². The Morgan fingerprint density at radius 3 is 2.46 bits per heavy atom. The molecule has 0 radical (unpaired) electrons. The van der Waals surface area contributed by atoms with Gasteiger partial charge < -0.3 is 14.4 Å². The van der Waals surface area contributed by atoms with Gasteiger partial charge in [0.05, 0.1) is 11.6 Å². The molecule has 3 heterocycles. The van der Waals surface area contributed by atoms with Crippen molar-refractivity contribution in [3.05, 3.63) is 59.9 Å². The van der Waals surface area contributed by atoms with Crippen LogP contribution in [0, 0.1) is 6.92 Å². The van der Waals surface area contributed by atoms with Crippen LogP contribution in [0.3, 0.4) is 0 Å². The van der Waals surface area contributed by atoms with Crippen LogP contribution in [0.1, 0.15) is 36.9 Å². The Bertz CT molecular complexity index is 777. The Morgan fingerprint density at radius 2 is 1.82 bits per heavy atom. The van der Waals surface area contributed by atoms with Crippen LogP contribution >= 0.6 is 0 Å². The number of rotatable bonds is 4. The van der Waals surface area contributed by atoms with Crippen LogP contribution in [0.4, 0.5) is 0 Å². The van der Waals surface area contributed by atoms with E-state index < -0.39 is 5.41 Å². The third-order valence-electron chi connectivity index (χ3n) is 6.00. The summed E-state index contributed by atoms with van der Waals surface area (Å²) in [6, 6.07) is 14.1. The minimum atomic E-state index is -0.450.